The highest BCUT2D eigenvalue weighted by molar-refractivity contribution is 6.36. The smallest absolute Gasteiger partial charge is 0.0468 e. The summed E-state index contributed by atoms with van der Waals surface area (Å²) in [6, 6.07) is 5.41. The van der Waals surface area contributed by atoms with Gasteiger partial charge in [-0.2, -0.15) is 0 Å². The van der Waals surface area contributed by atoms with Gasteiger partial charge >= 0.3 is 0 Å². The van der Waals surface area contributed by atoms with E-state index in [9.17, 15) is 0 Å². The number of rotatable bonds is 3. The van der Waals surface area contributed by atoms with E-state index < -0.39 is 0 Å². The molecule has 2 N–H and O–H groups in total. The molecule has 0 fully saturated rings. The van der Waals surface area contributed by atoms with Crippen molar-refractivity contribution >= 4 is 23.2 Å². The zero-order valence-electron chi connectivity index (χ0n) is 7.56. The van der Waals surface area contributed by atoms with Gasteiger partial charge in [0.05, 0.1) is 0 Å². The summed E-state index contributed by atoms with van der Waals surface area (Å²) in [6.45, 7) is 2.09. The van der Waals surface area contributed by atoms with E-state index in [4.69, 9.17) is 28.9 Å². The minimum absolute atomic E-state index is 0.0498. The van der Waals surface area contributed by atoms with Gasteiger partial charge < -0.3 is 5.73 Å². The molecule has 0 saturated heterocycles. The molecule has 0 saturated carbocycles. The standard InChI is InChI=1S/C10H13Cl2N/c1-2-4-9(13)10-7(11)5-3-6-8(10)12/h3,5-6,9H,2,4,13H2,1H3/t9-/m0/s1. The Kier molecular flexibility index (Phi) is 4.04. The molecule has 0 unspecified atom stereocenters. The highest BCUT2D eigenvalue weighted by atomic mass is 35.5. The van der Waals surface area contributed by atoms with Gasteiger partial charge in [-0.1, -0.05) is 42.6 Å². The molecule has 0 aliphatic heterocycles. The first-order valence-corrected chi connectivity index (χ1v) is 5.12. The second-order valence-electron chi connectivity index (χ2n) is 3.03. The molecule has 3 heteroatoms. The van der Waals surface area contributed by atoms with Crippen LogP contribution in [0.5, 0.6) is 0 Å². The van der Waals surface area contributed by atoms with Crippen molar-refractivity contribution in [3.05, 3.63) is 33.8 Å². The zero-order chi connectivity index (χ0) is 9.84. The van der Waals surface area contributed by atoms with Crippen LogP contribution in [-0.2, 0) is 0 Å². The van der Waals surface area contributed by atoms with E-state index in [2.05, 4.69) is 6.92 Å². The van der Waals surface area contributed by atoms with E-state index in [0.717, 1.165) is 18.4 Å². The average Bonchev–Trinajstić information content (AvgIpc) is 2.04. The molecule has 0 aliphatic carbocycles. The number of nitrogens with two attached hydrogens (primary N) is 1. The Morgan fingerprint density at radius 1 is 1.31 bits per heavy atom. The molecule has 1 nitrogen and oxygen atoms in total. The maximum absolute atomic E-state index is 6.00. The van der Waals surface area contributed by atoms with E-state index in [1.54, 1.807) is 0 Å². The summed E-state index contributed by atoms with van der Waals surface area (Å²) in [7, 11) is 0. The van der Waals surface area contributed by atoms with Crippen LogP contribution in [0.3, 0.4) is 0 Å². The minimum Gasteiger partial charge on any atom is -0.324 e. The van der Waals surface area contributed by atoms with Gasteiger partial charge in [-0.3, -0.25) is 0 Å². The molecule has 1 atom stereocenters. The van der Waals surface area contributed by atoms with Gasteiger partial charge in [0.1, 0.15) is 0 Å². The quantitative estimate of drug-likeness (QED) is 0.820. The number of benzene rings is 1. The summed E-state index contributed by atoms with van der Waals surface area (Å²) in [6.07, 6.45) is 1.94. The first kappa shape index (κ1) is 10.8. The van der Waals surface area contributed by atoms with Crippen molar-refractivity contribution in [1.82, 2.24) is 0 Å². The van der Waals surface area contributed by atoms with E-state index in [1.165, 1.54) is 0 Å². The fraction of sp³-hybridized carbons (Fsp3) is 0.400. The van der Waals surface area contributed by atoms with Crippen molar-refractivity contribution in [1.29, 1.82) is 0 Å². The van der Waals surface area contributed by atoms with Gasteiger partial charge in [-0.25, -0.2) is 0 Å². The predicted octanol–water partition coefficient (Wildman–Crippen LogP) is 3.79. The second kappa shape index (κ2) is 4.85. The molecule has 0 radical (unpaired) electrons. The molecule has 1 aromatic carbocycles. The normalized spacial score (nSPS) is 12.9. The molecular weight excluding hydrogens is 205 g/mol. The molecular formula is C10H13Cl2N. The molecule has 0 spiro atoms. The highest BCUT2D eigenvalue weighted by Crippen LogP contribution is 2.30. The van der Waals surface area contributed by atoms with Crippen LogP contribution < -0.4 is 5.73 Å². The zero-order valence-corrected chi connectivity index (χ0v) is 9.07. The maximum atomic E-state index is 6.00. The topological polar surface area (TPSA) is 26.0 Å². The first-order valence-electron chi connectivity index (χ1n) is 4.36. The lowest BCUT2D eigenvalue weighted by atomic mass is 10.0. The lowest BCUT2D eigenvalue weighted by Crippen LogP contribution is -2.10. The van der Waals surface area contributed by atoms with Gasteiger partial charge in [0, 0.05) is 21.7 Å². The molecule has 0 bridgehead atoms. The van der Waals surface area contributed by atoms with Crippen molar-refractivity contribution in [2.24, 2.45) is 5.73 Å². The van der Waals surface area contributed by atoms with Crippen molar-refractivity contribution < 1.29 is 0 Å². The Morgan fingerprint density at radius 3 is 2.31 bits per heavy atom. The summed E-state index contributed by atoms with van der Waals surface area (Å²) < 4.78 is 0. The fourth-order valence-corrected chi connectivity index (χ4v) is 2.00. The van der Waals surface area contributed by atoms with Crippen molar-refractivity contribution in [2.75, 3.05) is 0 Å². The van der Waals surface area contributed by atoms with Crippen LogP contribution in [0.1, 0.15) is 31.4 Å². The van der Waals surface area contributed by atoms with Crippen LogP contribution in [-0.4, -0.2) is 0 Å². The van der Waals surface area contributed by atoms with Crippen LogP contribution in [0.4, 0.5) is 0 Å². The monoisotopic (exact) mass is 217 g/mol. The van der Waals surface area contributed by atoms with Gasteiger partial charge in [-0.05, 0) is 18.6 Å². The molecule has 0 amide bonds. The predicted molar refractivity (Wildman–Crippen MR) is 58.3 cm³/mol. The average molecular weight is 218 g/mol. The Hall–Kier alpha value is -0.240. The number of halogens is 2. The minimum atomic E-state index is -0.0498. The molecule has 0 heterocycles. The lowest BCUT2D eigenvalue weighted by molar-refractivity contribution is 0.639. The van der Waals surface area contributed by atoms with Crippen molar-refractivity contribution in [2.45, 2.75) is 25.8 Å². The maximum Gasteiger partial charge on any atom is 0.0468 e. The van der Waals surface area contributed by atoms with Crippen LogP contribution >= 0.6 is 23.2 Å². The molecule has 1 rings (SSSR count). The second-order valence-corrected chi connectivity index (χ2v) is 3.84. The molecule has 1 aromatic rings. The Morgan fingerprint density at radius 2 is 1.85 bits per heavy atom. The number of hydrogen-bond donors (Lipinski definition) is 1. The van der Waals surface area contributed by atoms with Crippen molar-refractivity contribution in [3.8, 4) is 0 Å². The Bertz CT molecular complexity index is 266. The van der Waals surface area contributed by atoms with E-state index in [0.29, 0.717) is 10.0 Å². The summed E-state index contributed by atoms with van der Waals surface area (Å²) in [5.74, 6) is 0. The lowest BCUT2D eigenvalue weighted by Gasteiger charge is -2.13. The third kappa shape index (κ3) is 2.60. The number of hydrogen-bond acceptors (Lipinski definition) is 1. The van der Waals surface area contributed by atoms with E-state index >= 15 is 0 Å². The van der Waals surface area contributed by atoms with Gasteiger partial charge in [-0.15, -0.1) is 0 Å². The molecule has 0 aromatic heterocycles. The third-order valence-corrected chi connectivity index (χ3v) is 2.63. The third-order valence-electron chi connectivity index (χ3n) is 1.97. The van der Waals surface area contributed by atoms with Gasteiger partial charge in [0.2, 0.25) is 0 Å². The summed E-state index contributed by atoms with van der Waals surface area (Å²) in [5.41, 5.74) is 6.81. The molecule has 13 heavy (non-hydrogen) atoms. The SMILES string of the molecule is CCC[C@H](N)c1c(Cl)cccc1Cl. The van der Waals surface area contributed by atoms with Crippen molar-refractivity contribution in [3.63, 3.8) is 0 Å². The van der Waals surface area contributed by atoms with E-state index in [-0.39, 0.29) is 6.04 Å². The van der Waals surface area contributed by atoms with Gasteiger partial charge in [0.15, 0.2) is 0 Å². The van der Waals surface area contributed by atoms with Gasteiger partial charge in [0.25, 0.3) is 0 Å². The summed E-state index contributed by atoms with van der Waals surface area (Å²) >= 11 is 12.0. The Balaban J connectivity index is 2.98. The fourth-order valence-electron chi connectivity index (χ4n) is 1.32. The van der Waals surface area contributed by atoms with Crippen LogP contribution in [0.15, 0.2) is 18.2 Å². The summed E-state index contributed by atoms with van der Waals surface area (Å²) in [4.78, 5) is 0. The first-order chi connectivity index (χ1) is 6.16. The largest absolute Gasteiger partial charge is 0.324 e. The highest BCUT2D eigenvalue weighted by Gasteiger charge is 2.12. The van der Waals surface area contributed by atoms with Crippen LogP contribution in [0.2, 0.25) is 10.0 Å². The van der Waals surface area contributed by atoms with E-state index in [1.807, 2.05) is 18.2 Å². The van der Waals surface area contributed by atoms with Crippen LogP contribution in [0.25, 0.3) is 0 Å². The Labute approximate surface area is 88.8 Å². The molecule has 0 aliphatic rings. The van der Waals surface area contributed by atoms with Crippen LogP contribution in [0, 0.1) is 0 Å². The molecule has 72 valence electrons. The summed E-state index contributed by atoms with van der Waals surface area (Å²) in [5, 5.41) is 1.32.